The molecule has 0 bridgehead atoms. The van der Waals surface area contributed by atoms with Gasteiger partial charge >= 0.3 is 0 Å². The number of halogens is 2. The fraction of sp³-hybridized carbons (Fsp3) is 0.250. The van der Waals surface area contributed by atoms with Gasteiger partial charge in [0.1, 0.15) is 5.69 Å². The zero-order chi connectivity index (χ0) is 12.3. The molecule has 5 heteroatoms. The number of aromatic amines is 1. The molecule has 0 saturated heterocycles. The lowest BCUT2D eigenvalue weighted by Crippen LogP contribution is -2.19. The summed E-state index contributed by atoms with van der Waals surface area (Å²) < 4.78 is 27.1. The quantitative estimate of drug-likeness (QED) is 0.858. The van der Waals surface area contributed by atoms with Crippen LogP contribution in [0.2, 0.25) is 0 Å². The van der Waals surface area contributed by atoms with Crippen molar-refractivity contribution in [2.24, 2.45) is 5.73 Å². The van der Waals surface area contributed by atoms with E-state index in [1.165, 1.54) is 6.07 Å². The Morgan fingerprint density at radius 2 is 1.94 bits per heavy atom. The van der Waals surface area contributed by atoms with Crippen LogP contribution in [0.1, 0.15) is 12.1 Å². The van der Waals surface area contributed by atoms with Crippen LogP contribution in [0.5, 0.6) is 0 Å². The lowest BCUT2D eigenvalue weighted by molar-refractivity contribution is -0.0151. The fourth-order valence-corrected chi connectivity index (χ4v) is 1.58. The molecule has 1 aromatic heterocycles. The summed E-state index contributed by atoms with van der Waals surface area (Å²) in [5.41, 5.74) is 6.28. The van der Waals surface area contributed by atoms with Gasteiger partial charge in [0.15, 0.2) is 0 Å². The van der Waals surface area contributed by atoms with Crippen molar-refractivity contribution in [1.82, 2.24) is 10.2 Å². The van der Waals surface area contributed by atoms with Gasteiger partial charge in [-0.1, -0.05) is 30.3 Å². The van der Waals surface area contributed by atoms with E-state index in [2.05, 4.69) is 10.2 Å². The Labute approximate surface area is 97.7 Å². The highest BCUT2D eigenvalue weighted by atomic mass is 19.3. The van der Waals surface area contributed by atoms with Gasteiger partial charge in [-0.05, 0) is 12.6 Å². The molecule has 0 saturated carbocycles. The zero-order valence-corrected chi connectivity index (χ0v) is 9.16. The van der Waals surface area contributed by atoms with Crippen molar-refractivity contribution in [3.05, 3.63) is 42.1 Å². The van der Waals surface area contributed by atoms with Crippen molar-refractivity contribution in [3.63, 3.8) is 0 Å². The van der Waals surface area contributed by atoms with E-state index in [9.17, 15) is 8.78 Å². The average molecular weight is 237 g/mol. The van der Waals surface area contributed by atoms with E-state index >= 15 is 0 Å². The van der Waals surface area contributed by atoms with E-state index in [0.29, 0.717) is 5.69 Å². The van der Waals surface area contributed by atoms with Gasteiger partial charge in [-0.2, -0.15) is 13.9 Å². The summed E-state index contributed by atoms with van der Waals surface area (Å²) in [6.45, 7) is -0.0628. The molecule has 0 aliphatic carbocycles. The van der Waals surface area contributed by atoms with E-state index in [0.717, 1.165) is 5.56 Å². The SMILES string of the molecule is NCCC(F)(F)c1cc(-c2ccccc2)n[nH]1. The number of nitrogens with one attached hydrogen (secondary N) is 1. The minimum absolute atomic E-state index is 0.0628. The summed E-state index contributed by atoms with van der Waals surface area (Å²) in [5.74, 6) is -2.95. The van der Waals surface area contributed by atoms with Crippen LogP contribution >= 0.6 is 0 Å². The maximum atomic E-state index is 13.5. The third-order valence-electron chi connectivity index (χ3n) is 2.50. The molecule has 0 atom stereocenters. The van der Waals surface area contributed by atoms with Crippen LogP contribution in [0.25, 0.3) is 11.3 Å². The minimum Gasteiger partial charge on any atom is -0.330 e. The Morgan fingerprint density at radius 3 is 2.59 bits per heavy atom. The van der Waals surface area contributed by atoms with Crippen LogP contribution in [0.15, 0.2) is 36.4 Å². The number of rotatable bonds is 4. The highest BCUT2D eigenvalue weighted by Gasteiger charge is 2.32. The van der Waals surface area contributed by atoms with Crippen molar-refractivity contribution >= 4 is 0 Å². The molecule has 1 aromatic carbocycles. The first-order chi connectivity index (χ1) is 8.13. The third kappa shape index (κ3) is 2.50. The van der Waals surface area contributed by atoms with E-state index < -0.39 is 5.92 Å². The molecule has 2 aromatic rings. The molecule has 0 amide bonds. The Balaban J connectivity index is 2.28. The average Bonchev–Trinajstić information content (AvgIpc) is 2.80. The molecule has 0 spiro atoms. The molecule has 3 N–H and O–H groups in total. The van der Waals surface area contributed by atoms with Crippen molar-refractivity contribution < 1.29 is 8.78 Å². The molecule has 1 heterocycles. The largest absolute Gasteiger partial charge is 0.330 e. The maximum Gasteiger partial charge on any atom is 0.290 e. The first-order valence-corrected chi connectivity index (χ1v) is 5.33. The molecular weight excluding hydrogens is 224 g/mol. The lowest BCUT2D eigenvalue weighted by atomic mass is 10.1. The first kappa shape index (κ1) is 11.7. The molecule has 90 valence electrons. The Bertz CT molecular complexity index is 480. The summed E-state index contributed by atoms with van der Waals surface area (Å²) in [4.78, 5) is 0. The van der Waals surface area contributed by atoms with Crippen LogP contribution in [-0.4, -0.2) is 16.7 Å². The smallest absolute Gasteiger partial charge is 0.290 e. The summed E-state index contributed by atoms with van der Waals surface area (Å²) in [6, 6.07) is 10.5. The van der Waals surface area contributed by atoms with Gasteiger partial charge in [0, 0.05) is 12.0 Å². The van der Waals surface area contributed by atoms with Gasteiger partial charge in [-0.25, -0.2) is 0 Å². The van der Waals surface area contributed by atoms with E-state index in [1.807, 2.05) is 30.3 Å². The maximum absolute atomic E-state index is 13.5. The summed E-state index contributed by atoms with van der Waals surface area (Å²) in [7, 11) is 0. The first-order valence-electron chi connectivity index (χ1n) is 5.33. The Kier molecular flexibility index (Phi) is 3.19. The number of nitrogens with zero attached hydrogens (tertiary/aromatic N) is 1. The molecule has 3 nitrogen and oxygen atoms in total. The molecular formula is C12H13F2N3. The van der Waals surface area contributed by atoms with Gasteiger partial charge in [-0.15, -0.1) is 0 Å². The fourth-order valence-electron chi connectivity index (χ4n) is 1.58. The normalized spacial score (nSPS) is 11.7. The van der Waals surface area contributed by atoms with Crippen molar-refractivity contribution in [2.75, 3.05) is 6.54 Å². The second-order valence-electron chi connectivity index (χ2n) is 3.78. The number of nitrogens with two attached hydrogens (primary N) is 1. The van der Waals surface area contributed by atoms with Gasteiger partial charge in [0.25, 0.3) is 5.92 Å². The Hall–Kier alpha value is -1.75. The number of aromatic nitrogens is 2. The van der Waals surface area contributed by atoms with Gasteiger partial charge in [0.05, 0.1) is 5.69 Å². The number of H-pyrrole nitrogens is 1. The van der Waals surface area contributed by atoms with Crippen molar-refractivity contribution in [2.45, 2.75) is 12.3 Å². The highest BCUT2D eigenvalue weighted by molar-refractivity contribution is 5.59. The van der Waals surface area contributed by atoms with E-state index in [-0.39, 0.29) is 18.7 Å². The molecule has 0 fully saturated rings. The van der Waals surface area contributed by atoms with Gasteiger partial charge < -0.3 is 5.73 Å². The minimum atomic E-state index is -2.95. The lowest BCUT2D eigenvalue weighted by Gasteiger charge is -2.11. The second kappa shape index (κ2) is 4.63. The summed E-state index contributed by atoms with van der Waals surface area (Å²) >= 11 is 0. The standard InChI is InChI=1S/C12H13F2N3/c13-12(14,6-7-15)11-8-10(16-17-11)9-4-2-1-3-5-9/h1-5,8H,6-7,15H2,(H,16,17). The molecule has 0 aliphatic heterocycles. The van der Waals surface area contributed by atoms with Crippen molar-refractivity contribution in [3.8, 4) is 11.3 Å². The molecule has 0 radical (unpaired) electrons. The predicted octanol–water partition coefficient (Wildman–Crippen LogP) is 2.52. The van der Waals surface area contributed by atoms with Gasteiger partial charge in [0.2, 0.25) is 0 Å². The third-order valence-corrected chi connectivity index (χ3v) is 2.50. The van der Waals surface area contributed by atoms with Crippen LogP contribution < -0.4 is 5.73 Å². The molecule has 0 unspecified atom stereocenters. The molecule has 17 heavy (non-hydrogen) atoms. The van der Waals surface area contributed by atoms with E-state index in [4.69, 9.17) is 5.73 Å². The number of benzene rings is 1. The van der Waals surface area contributed by atoms with Crippen LogP contribution in [0.3, 0.4) is 0 Å². The van der Waals surface area contributed by atoms with E-state index in [1.54, 1.807) is 0 Å². The van der Waals surface area contributed by atoms with Crippen LogP contribution in [0, 0.1) is 0 Å². The monoisotopic (exact) mass is 237 g/mol. The van der Waals surface area contributed by atoms with Crippen molar-refractivity contribution in [1.29, 1.82) is 0 Å². The zero-order valence-electron chi connectivity index (χ0n) is 9.16. The number of hydrogen-bond acceptors (Lipinski definition) is 2. The van der Waals surface area contributed by atoms with Gasteiger partial charge in [-0.3, -0.25) is 5.10 Å². The van der Waals surface area contributed by atoms with Crippen LogP contribution in [-0.2, 0) is 5.92 Å². The molecule has 0 aliphatic rings. The predicted molar refractivity (Wildman–Crippen MR) is 61.6 cm³/mol. The number of hydrogen-bond donors (Lipinski definition) is 2. The highest BCUT2D eigenvalue weighted by Crippen LogP contribution is 2.31. The summed E-state index contributed by atoms with van der Waals surface area (Å²) in [6.07, 6.45) is -0.385. The van der Waals surface area contributed by atoms with Crippen LogP contribution in [0.4, 0.5) is 8.78 Å². The topological polar surface area (TPSA) is 54.7 Å². The molecule has 2 rings (SSSR count). The Morgan fingerprint density at radius 1 is 1.24 bits per heavy atom. The second-order valence-corrected chi connectivity index (χ2v) is 3.78. The summed E-state index contributed by atoms with van der Waals surface area (Å²) in [5, 5.41) is 6.26. The number of alkyl halides is 2.